The van der Waals surface area contributed by atoms with Crippen molar-refractivity contribution in [2.75, 3.05) is 0 Å². The first kappa shape index (κ1) is 11.2. The molecular weight excluding hydrogens is 275 g/mol. The van der Waals surface area contributed by atoms with E-state index in [2.05, 4.69) is 15.9 Å². The van der Waals surface area contributed by atoms with Gasteiger partial charge in [0.25, 0.3) is 0 Å². The maximum absolute atomic E-state index is 11.5. The van der Waals surface area contributed by atoms with Crippen LogP contribution < -0.4 is 0 Å². The van der Waals surface area contributed by atoms with Crippen LogP contribution in [-0.4, -0.2) is 5.78 Å². The summed E-state index contributed by atoms with van der Waals surface area (Å²) in [6, 6.07) is 5.86. The van der Waals surface area contributed by atoms with Crippen LogP contribution in [0.4, 0.5) is 0 Å². The van der Waals surface area contributed by atoms with Gasteiger partial charge in [0.2, 0.25) is 0 Å². The Bertz CT molecular complexity index is 389. The molecule has 1 aliphatic carbocycles. The van der Waals surface area contributed by atoms with Crippen LogP contribution >= 0.6 is 27.5 Å². The Morgan fingerprint density at radius 1 is 1.47 bits per heavy atom. The standard InChI is InChI=1S/C12H12BrClO/c13-10-5-4-8(11(14)7-10)6-9-2-1-3-12(9)15/h4-5,7,9H,1-3,6H2. The Labute approximate surface area is 103 Å². The average molecular weight is 288 g/mol. The van der Waals surface area contributed by atoms with Gasteiger partial charge < -0.3 is 0 Å². The lowest BCUT2D eigenvalue weighted by atomic mass is 9.97. The van der Waals surface area contributed by atoms with E-state index in [9.17, 15) is 4.79 Å². The Morgan fingerprint density at radius 3 is 2.87 bits per heavy atom. The van der Waals surface area contributed by atoms with Crippen molar-refractivity contribution in [2.45, 2.75) is 25.7 Å². The Balaban J connectivity index is 2.13. The molecule has 1 saturated carbocycles. The molecule has 1 aromatic carbocycles. The number of halogens is 2. The minimum Gasteiger partial charge on any atom is -0.299 e. The molecule has 2 rings (SSSR count). The predicted molar refractivity (Wildman–Crippen MR) is 65.2 cm³/mol. The van der Waals surface area contributed by atoms with E-state index in [1.807, 2.05) is 18.2 Å². The van der Waals surface area contributed by atoms with Gasteiger partial charge in [0.1, 0.15) is 5.78 Å². The predicted octanol–water partition coefficient (Wildman–Crippen LogP) is 4.01. The minimum absolute atomic E-state index is 0.198. The van der Waals surface area contributed by atoms with Crippen molar-refractivity contribution in [2.24, 2.45) is 5.92 Å². The molecule has 0 aromatic heterocycles. The number of Topliss-reactive ketones (excluding diaryl/α,β-unsaturated/α-hetero) is 1. The quantitative estimate of drug-likeness (QED) is 0.803. The Kier molecular flexibility index (Phi) is 3.47. The van der Waals surface area contributed by atoms with E-state index in [4.69, 9.17) is 11.6 Å². The van der Waals surface area contributed by atoms with Gasteiger partial charge in [-0.25, -0.2) is 0 Å². The lowest BCUT2D eigenvalue weighted by molar-refractivity contribution is -0.120. The van der Waals surface area contributed by atoms with E-state index in [0.29, 0.717) is 5.78 Å². The maximum atomic E-state index is 11.5. The fraction of sp³-hybridized carbons (Fsp3) is 0.417. The van der Waals surface area contributed by atoms with Crippen molar-refractivity contribution >= 4 is 33.3 Å². The molecule has 1 unspecified atom stereocenters. The van der Waals surface area contributed by atoms with Crippen LogP contribution in [0.1, 0.15) is 24.8 Å². The average Bonchev–Trinajstić information content (AvgIpc) is 2.57. The molecule has 1 aliphatic rings. The number of ketones is 1. The van der Waals surface area contributed by atoms with Gasteiger partial charge in [0, 0.05) is 21.8 Å². The second kappa shape index (κ2) is 4.67. The highest BCUT2D eigenvalue weighted by molar-refractivity contribution is 9.10. The lowest BCUT2D eigenvalue weighted by Gasteiger charge is -2.09. The van der Waals surface area contributed by atoms with E-state index in [-0.39, 0.29) is 5.92 Å². The molecule has 1 nitrogen and oxygen atoms in total. The van der Waals surface area contributed by atoms with Crippen LogP contribution in [0.25, 0.3) is 0 Å². The van der Waals surface area contributed by atoms with Crippen LogP contribution in [0.5, 0.6) is 0 Å². The molecule has 1 fully saturated rings. The lowest BCUT2D eigenvalue weighted by Crippen LogP contribution is -2.09. The summed E-state index contributed by atoms with van der Waals surface area (Å²) < 4.78 is 0.981. The van der Waals surface area contributed by atoms with Crippen molar-refractivity contribution in [3.8, 4) is 0 Å². The van der Waals surface area contributed by atoms with Crippen molar-refractivity contribution in [1.82, 2.24) is 0 Å². The van der Waals surface area contributed by atoms with Gasteiger partial charge in [-0.1, -0.05) is 33.6 Å². The van der Waals surface area contributed by atoms with Gasteiger partial charge in [-0.05, 0) is 37.0 Å². The number of hydrogen-bond acceptors (Lipinski definition) is 1. The fourth-order valence-corrected chi connectivity index (χ4v) is 2.81. The highest BCUT2D eigenvalue weighted by Crippen LogP contribution is 2.29. The second-order valence-electron chi connectivity index (χ2n) is 4.00. The van der Waals surface area contributed by atoms with Crippen molar-refractivity contribution in [3.05, 3.63) is 33.3 Å². The maximum Gasteiger partial charge on any atom is 0.136 e. The molecule has 0 heterocycles. The summed E-state index contributed by atoms with van der Waals surface area (Å²) >= 11 is 9.48. The first-order valence-electron chi connectivity index (χ1n) is 5.13. The molecule has 1 aromatic rings. The van der Waals surface area contributed by atoms with Crippen molar-refractivity contribution in [3.63, 3.8) is 0 Å². The number of rotatable bonds is 2. The number of hydrogen-bond donors (Lipinski definition) is 0. The van der Waals surface area contributed by atoms with Gasteiger partial charge in [-0.2, -0.15) is 0 Å². The van der Waals surface area contributed by atoms with E-state index in [0.717, 1.165) is 40.7 Å². The molecule has 0 bridgehead atoms. The van der Waals surface area contributed by atoms with Gasteiger partial charge in [0.05, 0.1) is 0 Å². The zero-order chi connectivity index (χ0) is 10.8. The first-order valence-corrected chi connectivity index (χ1v) is 6.30. The van der Waals surface area contributed by atoms with Crippen LogP contribution in [0.3, 0.4) is 0 Å². The van der Waals surface area contributed by atoms with Crippen LogP contribution in [-0.2, 0) is 11.2 Å². The van der Waals surface area contributed by atoms with Crippen LogP contribution in [0.2, 0.25) is 5.02 Å². The molecule has 1 atom stereocenters. The number of carbonyl (C=O) groups is 1. The number of benzene rings is 1. The summed E-state index contributed by atoms with van der Waals surface area (Å²) in [5.74, 6) is 0.595. The molecule has 15 heavy (non-hydrogen) atoms. The third-order valence-electron chi connectivity index (χ3n) is 2.91. The summed E-state index contributed by atoms with van der Waals surface area (Å²) in [5.41, 5.74) is 1.08. The van der Waals surface area contributed by atoms with Gasteiger partial charge in [0.15, 0.2) is 0 Å². The smallest absolute Gasteiger partial charge is 0.136 e. The third-order valence-corrected chi connectivity index (χ3v) is 3.76. The molecule has 0 saturated heterocycles. The normalized spacial score (nSPS) is 20.9. The highest BCUT2D eigenvalue weighted by atomic mass is 79.9. The SMILES string of the molecule is O=C1CCCC1Cc1ccc(Br)cc1Cl. The number of carbonyl (C=O) groups excluding carboxylic acids is 1. The van der Waals surface area contributed by atoms with E-state index < -0.39 is 0 Å². The Morgan fingerprint density at radius 2 is 2.27 bits per heavy atom. The summed E-state index contributed by atoms with van der Waals surface area (Å²) in [4.78, 5) is 11.5. The van der Waals surface area contributed by atoms with E-state index in [1.165, 1.54) is 0 Å². The van der Waals surface area contributed by atoms with Crippen LogP contribution in [0, 0.1) is 5.92 Å². The molecule has 0 radical (unpaired) electrons. The molecule has 3 heteroatoms. The zero-order valence-corrected chi connectivity index (χ0v) is 10.6. The second-order valence-corrected chi connectivity index (χ2v) is 5.32. The molecule has 0 amide bonds. The topological polar surface area (TPSA) is 17.1 Å². The largest absolute Gasteiger partial charge is 0.299 e. The fourth-order valence-electron chi connectivity index (χ4n) is 2.06. The van der Waals surface area contributed by atoms with E-state index in [1.54, 1.807) is 0 Å². The monoisotopic (exact) mass is 286 g/mol. The summed E-state index contributed by atoms with van der Waals surface area (Å²) in [7, 11) is 0. The third kappa shape index (κ3) is 2.61. The summed E-state index contributed by atoms with van der Waals surface area (Å²) in [6.07, 6.45) is 3.60. The van der Waals surface area contributed by atoms with Crippen LogP contribution in [0.15, 0.2) is 22.7 Å². The molecular formula is C12H12BrClO. The summed E-state index contributed by atoms with van der Waals surface area (Å²) in [5, 5.41) is 0.754. The molecule has 0 aliphatic heterocycles. The van der Waals surface area contributed by atoms with Gasteiger partial charge in [-0.3, -0.25) is 4.79 Å². The van der Waals surface area contributed by atoms with E-state index >= 15 is 0 Å². The highest BCUT2D eigenvalue weighted by Gasteiger charge is 2.24. The molecule has 0 N–H and O–H groups in total. The van der Waals surface area contributed by atoms with Gasteiger partial charge >= 0.3 is 0 Å². The minimum atomic E-state index is 0.198. The molecule has 0 spiro atoms. The first-order chi connectivity index (χ1) is 7.16. The molecule has 80 valence electrons. The van der Waals surface area contributed by atoms with Gasteiger partial charge in [-0.15, -0.1) is 0 Å². The van der Waals surface area contributed by atoms with Crippen molar-refractivity contribution < 1.29 is 4.79 Å². The van der Waals surface area contributed by atoms with Crippen molar-refractivity contribution in [1.29, 1.82) is 0 Å². The summed E-state index contributed by atoms with van der Waals surface area (Å²) in [6.45, 7) is 0. The Hall–Kier alpha value is -0.340. The zero-order valence-electron chi connectivity index (χ0n) is 8.30.